The SMILES string of the molecule is CC(NS(=O)(=O)c1ccc(Cl)cc1)C(=O)NC(C)c1ccc(Cl)c(Cl)c1. The van der Waals surface area contributed by atoms with Crippen LogP contribution in [0.5, 0.6) is 0 Å². The summed E-state index contributed by atoms with van der Waals surface area (Å²) in [7, 11) is -3.84. The molecular formula is C17H17Cl3N2O3S. The van der Waals surface area contributed by atoms with Crippen LogP contribution in [0.25, 0.3) is 0 Å². The quantitative estimate of drug-likeness (QED) is 0.714. The van der Waals surface area contributed by atoms with Gasteiger partial charge in [-0.05, 0) is 55.8 Å². The molecule has 2 aromatic carbocycles. The van der Waals surface area contributed by atoms with Crippen LogP contribution < -0.4 is 10.0 Å². The third kappa shape index (κ3) is 5.34. The van der Waals surface area contributed by atoms with Crippen molar-refractivity contribution >= 4 is 50.7 Å². The molecule has 0 saturated carbocycles. The first-order valence-electron chi connectivity index (χ1n) is 7.63. The minimum atomic E-state index is -3.84. The molecule has 0 aliphatic rings. The zero-order valence-electron chi connectivity index (χ0n) is 14.0. The van der Waals surface area contributed by atoms with Crippen LogP contribution in [0, 0.1) is 0 Å². The lowest BCUT2D eigenvalue weighted by molar-refractivity contribution is -0.123. The van der Waals surface area contributed by atoms with E-state index in [1.54, 1.807) is 25.1 Å². The molecule has 2 aromatic rings. The number of amides is 1. The Morgan fingerprint density at radius 1 is 0.962 bits per heavy atom. The summed E-state index contributed by atoms with van der Waals surface area (Å²) >= 11 is 17.6. The minimum absolute atomic E-state index is 0.0269. The predicted octanol–water partition coefficient (Wildman–Crippen LogP) is 4.19. The van der Waals surface area contributed by atoms with Crippen LogP contribution >= 0.6 is 34.8 Å². The Labute approximate surface area is 167 Å². The topological polar surface area (TPSA) is 75.3 Å². The number of rotatable bonds is 6. The van der Waals surface area contributed by atoms with Crippen LogP contribution in [-0.2, 0) is 14.8 Å². The number of halogens is 3. The highest BCUT2D eigenvalue weighted by atomic mass is 35.5. The van der Waals surface area contributed by atoms with E-state index in [0.29, 0.717) is 15.1 Å². The minimum Gasteiger partial charge on any atom is -0.348 e. The van der Waals surface area contributed by atoms with Gasteiger partial charge in [0.2, 0.25) is 15.9 Å². The van der Waals surface area contributed by atoms with Crippen molar-refractivity contribution in [2.75, 3.05) is 0 Å². The molecule has 0 fully saturated rings. The van der Waals surface area contributed by atoms with Gasteiger partial charge in [-0.1, -0.05) is 40.9 Å². The molecule has 0 aromatic heterocycles. The lowest BCUT2D eigenvalue weighted by atomic mass is 10.1. The Bertz CT molecular complexity index is 902. The van der Waals surface area contributed by atoms with Gasteiger partial charge in [-0.3, -0.25) is 4.79 Å². The van der Waals surface area contributed by atoms with Crippen molar-refractivity contribution in [1.29, 1.82) is 0 Å². The lowest BCUT2D eigenvalue weighted by Crippen LogP contribution is -2.45. The van der Waals surface area contributed by atoms with Crippen LogP contribution in [0.15, 0.2) is 47.4 Å². The van der Waals surface area contributed by atoms with E-state index < -0.39 is 22.0 Å². The average Bonchev–Trinajstić information content (AvgIpc) is 2.57. The molecule has 5 nitrogen and oxygen atoms in total. The monoisotopic (exact) mass is 434 g/mol. The van der Waals surface area contributed by atoms with E-state index in [2.05, 4.69) is 10.0 Å². The fraction of sp³-hybridized carbons (Fsp3) is 0.235. The van der Waals surface area contributed by atoms with Gasteiger partial charge in [-0.2, -0.15) is 4.72 Å². The van der Waals surface area contributed by atoms with Gasteiger partial charge in [0.25, 0.3) is 0 Å². The van der Waals surface area contributed by atoms with Gasteiger partial charge >= 0.3 is 0 Å². The van der Waals surface area contributed by atoms with Crippen molar-refractivity contribution < 1.29 is 13.2 Å². The fourth-order valence-electron chi connectivity index (χ4n) is 2.17. The molecule has 2 atom stereocenters. The van der Waals surface area contributed by atoms with E-state index in [-0.39, 0.29) is 10.9 Å². The van der Waals surface area contributed by atoms with Gasteiger partial charge in [0.15, 0.2) is 0 Å². The molecule has 0 heterocycles. The highest BCUT2D eigenvalue weighted by Gasteiger charge is 2.23. The molecule has 0 radical (unpaired) electrons. The van der Waals surface area contributed by atoms with Crippen LogP contribution in [0.3, 0.4) is 0 Å². The van der Waals surface area contributed by atoms with Crippen molar-refractivity contribution in [3.05, 3.63) is 63.1 Å². The molecule has 140 valence electrons. The highest BCUT2D eigenvalue weighted by Crippen LogP contribution is 2.25. The molecule has 0 bridgehead atoms. The smallest absolute Gasteiger partial charge is 0.241 e. The number of hydrogen-bond donors (Lipinski definition) is 2. The Kier molecular flexibility index (Phi) is 6.93. The molecule has 0 aliphatic carbocycles. The lowest BCUT2D eigenvalue weighted by Gasteiger charge is -2.19. The predicted molar refractivity (Wildman–Crippen MR) is 104 cm³/mol. The molecule has 0 spiro atoms. The highest BCUT2D eigenvalue weighted by molar-refractivity contribution is 7.89. The molecule has 0 aliphatic heterocycles. The third-order valence-electron chi connectivity index (χ3n) is 3.65. The van der Waals surface area contributed by atoms with Crippen molar-refractivity contribution in [3.63, 3.8) is 0 Å². The molecule has 1 amide bonds. The van der Waals surface area contributed by atoms with E-state index in [9.17, 15) is 13.2 Å². The molecule has 2 unspecified atom stereocenters. The van der Waals surface area contributed by atoms with E-state index in [1.807, 2.05) is 0 Å². The van der Waals surface area contributed by atoms with Gasteiger partial charge in [0, 0.05) is 5.02 Å². The van der Waals surface area contributed by atoms with Crippen molar-refractivity contribution in [2.24, 2.45) is 0 Å². The number of carbonyl (C=O) groups excluding carboxylic acids is 1. The number of nitrogens with one attached hydrogen (secondary N) is 2. The maximum Gasteiger partial charge on any atom is 0.241 e. The first kappa shape index (κ1) is 21.0. The van der Waals surface area contributed by atoms with Gasteiger partial charge in [-0.15, -0.1) is 0 Å². The summed E-state index contributed by atoms with van der Waals surface area (Å²) in [4.78, 5) is 12.4. The Balaban J connectivity index is 2.04. The van der Waals surface area contributed by atoms with Crippen LogP contribution in [0.1, 0.15) is 25.5 Å². The van der Waals surface area contributed by atoms with Gasteiger partial charge < -0.3 is 5.32 Å². The second-order valence-corrected chi connectivity index (χ2v) is 8.67. The second-order valence-electron chi connectivity index (χ2n) is 5.70. The van der Waals surface area contributed by atoms with E-state index in [0.717, 1.165) is 5.56 Å². The summed E-state index contributed by atoms with van der Waals surface area (Å²) in [6.07, 6.45) is 0. The van der Waals surface area contributed by atoms with Crippen molar-refractivity contribution in [2.45, 2.75) is 30.8 Å². The first-order valence-corrected chi connectivity index (χ1v) is 10.2. The molecule has 0 saturated heterocycles. The van der Waals surface area contributed by atoms with E-state index >= 15 is 0 Å². The summed E-state index contributed by atoms with van der Waals surface area (Å²) in [5.74, 6) is -0.471. The number of benzene rings is 2. The largest absolute Gasteiger partial charge is 0.348 e. The molecule has 9 heteroatoms. The maximum absolute atomic E-state index is 12.3. The Hall–Kier alpha value is -1.31. The Morgan fingerprint density at radius 2 is 1.58 bits per heavy atom. The number of hydrogen-bond acceptors (Lipinski definition) is 3. The van der Waals surface area contributed by atoms with Crippen LogP contribution in [0.2, 0.25) is 15.1 Å². The van der Waals surface area contributed by atoms with Crippen LogP contribution in [-0.4, -0.2) is 20.4 Å². The summed E-state index contributed by atoms with van der Waals surface area (Å²) in [5.41, 5.74) is 0.750. The van der Waals surface area contributed by atoms with Crippen molar-refractivity contribution in [3.8, 4) is 0 Å². The third-order valence-corrected chi connectivity index (χ3v) is 6.20. The summed E-state index contributed by atoms with van der Waals surface area (Å²) < 4.78 is 27.0. The zero-order valence-corrected chi connectivity index (χ0v) is 17.0. The number of carbonyl (C=O) groups is 1. The van der Waals surface area contributed by atoms with E-state index in [1.165, 1.54) is 31.2 Å². The van der Waals surface area contributed by atoms with Crippen LogP contribution in [0.4, 0.5) is 0 Å². The summed E-state index contributed by atoms with van der Waals surface area (Å²) in [6.45, 7) is 3.22. The fourth-order valence-corrected chi connectivity index (χ4v) is 3.81. The van der Waals surface area contributed by atoms with E-state index in [4.69, 9.17) is 34.8 Å². The first-order chi connectivity index (χ1) is 12.1. The maximum atomic E-state index is 12.3. The Morgan fingerprint density at radius 3 is 2.15 bits per heavy atom. The molecular weight excluding hydrogens is 419 g/mol. The second kappa shape index (κ2) is 8.59. The average molecular weight is 436 g/mol. The van der Waals surface area contributed by atoms with Gasteiger partial charge in [0.05, 0.1) is 27.0 Å². The zero-order chi connectivity index (χ0) is 19.5. The molecule has 26 heavy (non-hydrogen) atoms. The molecule has 2 N–H and O–H groups in total. The number of sulfonamides is 1. The summed E-state index contributed by atoms with van der Waals surface area (Å²) in [6, 6.07) is 9.34. The van der Waals surface area contributed by atoms with Crippen molar-refractivity contribution in [1.82, 2.24) is 10.0 Å². The van der Waals surface area contributed by atoms with Gasteiger partial charge in [-0.25, -0.2) is 8.42 Å². The standard InChI is InChI=1S/C17H17Cl3N2O3S/c1-10(12-3-8-15(19)16(20)9-12)21-17(23)11(2)22-26(24,25)14-6-4-13(18)5-7-14/h3-11,22H,1-2H3,(H,21,23). The molecule has 2 rings (SSSR count). The summed E-state index contributed by atoms with van der Waals surface area (Å²) in [5, 5.41) is 3.95. The van der Waals surface area contributed by atoms with Gasteiger partial charge in [0.1, 0.15) is 0 Å². The normalized spacial score (nSPS) is 13.9.